The summed E-state index contributed by atoms with van der Waals surface area (Å²) >= 11 is 0. The van der Waals surface area contributed by atoms with Gasteiger partial charge in [0.05, 0.1) is 0 Å². The van der Waals surface area contributed by atoms with Crippen LogP contribution in [0.2, 0.25) is 0 Å². The van der Waals surface area contributed by atoms with Gasteiger partial charge in [-0.2, -0.15) is 0 Å². The van der Waals surface area contributed by atoms with Gasteiger partial charge in [-0.15, -0.1) is 0 Å². The van der Waals surface area contributed by atoms with Gasteiger partial charge in [0.1, 0.15) is 0 Å². The fourth-order valence-corrected chi connectivity index (χ4v) is 3.78. The summed E-state index contributed by atoms with van der Waals surface area (Å²) in [5.74, 6) is -0.819. The molecular formula is C26H45NO4. The van der Waals surface area contributed by atoms with E-state index in [9.17, 15) is 4.79 Å². The third kappa shape index (κ3) is 12.9. The van der Waals surface area contributed by atoms with Crippen LogP contribution in [0, 0.1) is 0 Å². The third-order valence-electron chi connectivity index (χ3n) is 5.32. The Bertz CT molecular complexity index is 533. The first kappa shape index (κ1) is 27.6. The smallest absolute Gasteiger partial charge is 0.282 e. The first-order chi connectivity index (χ1) is 15.2. The Morgan fingerprint density at radius 2 is 1.16 bits per heavy atom. The number of hydrogen-bond donors (Lipinski definition) is 1. The molecule has 0 bridgehead atoms. The molecule has 1 rings (SSSR count). The summed E-state index contributed by atoms with van der Waals surface area (Å²) in [5.41, 5.74) is 0.738. The monoisotopic (exact) mass is 435 g/mol. The van der Waals surface area contributed by atoms with Crippen molar-refractivity contribution in [1.29, 1.82) is 0 Å². The lowest BCUT2D eigenvalue weighted by molar-refractivity contribution is -0.380. The fraction of sp³-hybridized carbons (Fsp3) is 0.731. The number of ether oxygens (including phenoxy) is 3. The van der Waals surface area contributed by atoms with E-state index in [0.29, 0.717) is 19.8 Å². The molecule has 0 saturated carbocycles. The largest absolute Gasteiger partial charge is 0.352 e. The van der Waals surface area contributed by atoms with Crippen LogP contribution < -0.4 is 5.32 Å². The van der Waals surface area contributed by atoms with E-state index in [-0.39, 0.29) is 5.91 Å². The van der Waals surface area contributed by atoms with Gasteiger partial charge >= 0.3 is 0 Å². The molecule has 5 heteroatoms. The van der Waals surface area contributed by atoms with E-state index in [1.807, 2.05) is 51.1 Å². The molecule has 0 heterocycles. The lowest BCUT2D eigenvalue weighted by atomic mass is 10.1. The summed E-state index contributed by atoms with van der Waals surface area (Å²) in [7, 11) is 0. The molecule has 0 fully saturated rings. The Balaban J connectivity index is 1.95. The summed E-state index contributed by atoms with van der Waals surface area (Å²) in [5, 5.41) is 3.00. The van der Waals surface area contributed by atoms with Crippen molar-refractivity contribution >= 4 is 5.91 Å². The summed E-state index contributed by atoms with van der Waals surface area (Å²) in [6.45, 7) is 8.49. The maximum Gasteiger partial charge on any atom is 0.282 e. The Hall–Kier alpha value is -1.43. The molecule has 1 aromatic carbocycles. The summed E-state index contributed by atoms with van der Waals surface area (Å²) in [6.07, 6.45) is 13.0. The molecule has 5 nitrogen and oxygen atoms in total. The van der Waals surface area contributed by atoms with Crippen molar-refractivity contribution in [2.45, 2.75) is 97.4 Å². The second-order valence-electron chi connectivity index (χ2n) is 7.89. The molecule has 0 saturated heterocycles. The zero-order chi connectivity index (χ0) is 22.6. The molecule has 0 aliphatic rings. The molecule has 0 radical (unpaired) electrons. The lowest BCUT2D eigenvalue weighted by Crippen LogP contribution is -2.39. The Morgan fingerprint density at radius 1 is 0.710 bits per heavy atom. The topological polar surface area (TPSA) is 56.8 Å². The van der Waals surface area contributed by atoms with Gasteiger partial charge < -0.3 is 19.5 Å². The van der Waals surface area contributed by atoms with Crippen molar-refractivity contribution in [3.8, 4) is 0 Å². The van der Waals surface area contributed by atoms with Gasteiger partial charge in [0, 0.05) is 38.3 Å². The van der Waals surface area contributed by atoms with Crippen molar-refractivity contribution in [3.05, 3.63) is 35.9 Å². The molecule has 1 N–H and O–H groups in total. The van der Waals surface area contributed by atoms with Crippen LogP contribution in [0.15, 0.2) is 30.3 Å². The van der Waals surface area contributed by atoms with Gasteiger partial charge in [-0.25, -0.2) is 0 Å². The third-order valence-corrected chi connectivity index (χ3v) is 5.32. The molecule has 0 aliphatic heterocycles. The molecule has 0 aromatic heterocycles. The zero-order valence-electron chi connectivity index (χ0n) is 20.1. The minimum atomic E-state index is -0.848. The van der Waals surface area contributed by atoms with Crippen LogP contribution in [-0.2, 0) is 14.2 Å². The first-order valence-electron chi connectivity index (χ1n) is 12.4. The van der Waals surface area contributed by atoms with Gasteiger partial charge in [0.25, 0.3) is 11.9 Å². The highest BCUT2D eigenvalue weighted by atomic mass is 16.9. The highest BCUT2D eigenvalue weighted by molar-refractivity contribution is 5.94. The molecule has 0 atom stereocenters. The van der Waals surface area contributed by atoms with E-state index in [1.165, 1.54) is 51.4 Å². The number of carbonyl (C=O) groups is 1. The standard InChI is InChI=1S/C26H45NO4/c1-4-29-26(30-5-2,31-6-3)22-18-13-11-9-7-8-10-12-14-19-23-27-25(28)24-20-16-15-17-21-24/h15-17,20-21H,4-14,18-19,22-23H2,1-3H3,(H,27,28). The summed E-state index contributed by atoms with van der Waals surface area (Å²) in [4.78, 5) is 11.9. The number of unbranched alkanes of at least 4 members (excludes halogenated alkanes) is 9. The van der Waals surface area contributed by atoms with Crippen LogP contribution in [0.3, 0.4) is 0 Å². The van der Waals surface area contributed by atoms with E-state index in [2.05, 4.69) is 5.32 Å². The number of benzene rings is 1. The lowest BCUT2D eigenvalue weighted by Gasteiger charge is -2.32. The molecule has 31 heavy (non-hydrogen) atoms. The minimum absolute atomic E-state index is 0.0293. The van der Waals surface area contributed by atoms with Crippen molar-refractivity contribution < 1.29 is 19.0 Å². The van der Waals surface area contributed by atoms with E-state index >= 15 is 0 Å². The van der Waals surface area contributed by atoms with Crippen LogP contribution in [-0.4, -0.2) is 38.2 Å². The molecule has 0 aliphatic carbocycles. The van der Waals surface area contributed by atoms with Crippen LogP contribution in [0.25, 0.3) is 0 Å². The second kappa shape index (κ2) is 18.2. The number of nitrogens with one attached hydrogen (secondary N) is 1. The van der Waals surface area contributed by atoms with Crippen LogP contribution in [0.1, 0.15) is 102 Å². The minimum Gasteiger partial charge on any atom is -0.352 e. The normalized spacial score (nSPS) is 11.6. The predicted molar refractivity (Wildman–Crippen MR) is 127 cm³/mol. The van der Waals surface area contributed by atoms with Crippen LogP contribution in [0.5, 0.6) is 0 Å². The average Bonchev–Trinajstić information content (AvgIpc) is 2.78. The second-order valence-corrected chi connectivity index (χ2v) is 7.89. The molecule has 1 amide bonds. The van der Waals surface area contributed by atoms with Gasteiger partial charge in [0.2, 0.25) is 0 Å². The van der Waals surface area contributed by atoms with Gasteiger partial charge in [-0.05, 0) is 45.7 Å². The maximum atomic E-state index is 11.9. The van der Waals surface area contributed by atoms with E-state index in [0.717, 1.165) is 31.4 Å². The maximum absolute atomic E-state index is 11.9. The molecule has 0 unspecified atom stereocenters. The zero-order valence-corrected chi connectivity index (χ0v) is 20.1. The van der Waals surface area contributed by atoms with E-state index in [4.69, 9.17) is 14.2 Å². The molecule has 1 aromatic rings. The SMILES string of the molecule is CCOC(CCCCCCCCCCCCNC(=O)c1ccccc1)(OCC)OCC. The summed E-state index contributed by atoms with van der Waals surface area (Å²) in [6, 6.07) is 9.41. The Kier molecular flexibility index (Phi) is 16.2. The average molecular weight is 436 g/mol. The van der Waals surface area contributed by atoms with Crippen molar-refractivity contribution in [2.75, 3.05) is 26.4 Å². The predicted octanol–water partition coefficient (Wildman–Crippen LogP) is 6.47. The Morgan fingerprint density at radius 3 is 1.65 bits per heavy atom. The molecule has 0 spiro atoms. The first-order valence-corrected chi connectivity index (χ1v) is 12.4. The number of carbonyl (C=O) groups excluding carboxylic acids is 1. The molecule has 178 valence electrons. The van der Waals surface area contributed by atoms with E-state index in [1.54, 1.807) is 0 Å². The highest BCUT2D eigenvalue weighted by Crippen LogP contribution is 2.24. The van der Waals surface area contributed by atoms with Gasteiger partial charge in [-0.1, -0.05) is 69.6 Å². The van der Waals surface area contributed by atoms with Crippen LogP contribution >= 0.6 is 0 Å². The number of rotatable bonds is 20. The molecular weight excluding hydrogens is 390 g/mol. The van der Waals surface area contributed by atoms with Crippen LogP contribution in [0.4, 0.5) is 0 Å². The van der Waals surface area contributed by atoms with Crippen molar-refractivity contribution in [1.82, 2.24) is 5.32 Å². The number of hydrogen-bond acceptors (Lipinski definition) is 4. The van der Waals surface area contributed by atoms with E-state index < -0.39 is 5.97 Å². The highest BCUT2D eigenvalue weighted by Gasteiger charge is 2.31. The fourth-order valence-electron chi connectivity index (χ4n) is 3.78. The van der Waals surface area contributed by atoms with Crippen molar-refractivity contribution in [2.24, 2.45) is 0 Å². The Labute approximate surface area is 190 Å². The number of amides is 1. The van der Waals surface area contributed by atoms with Gasteiger partial charge in [-0.3, -0.25) is 4.79 Å². The van der Waals surface area contributed by atoms with Crippen molar-refractivity contribution in [3.63, 3.8) is 0 Å². The summed E-state index contributed by atoms with van der Waals surface area (Å²) < 4.78 is 17.3. The quantitative estimate of drug-likeness (QED) is 0.188. The van der Waals surface area contributed by atoms with Gasteiger partial charge in [0.15, 0.2) is 0 Å².